The molecule has 3 aromatic carbocycles. The number of para-hydroxylation sites is 1. The van der Waals surface area contributed by atoms with Gasteiger partial charge in [0.1, 0.15) is 11.5 Å². The summed E-state index contributed by atoms with van der Waals surface area (Å²) in [5.41, 5.74) is 6.70. The third kappa shape index (κ3) is 6.10. The Bertz CT molecular complexity index is 1420. The zero-order valence-electron chi connectivity index (χ0n) is 21.2. The molecule has 0 radical (unpaired) electrons. The third-order valence-corrected chi connectivity index (χ3v) is 7.62. The van der Waals surface area contributed by atoms with Gasteiger partial charge >= 0.3 is 0 Å². The lowest BCUT2D eigenvalue weighted by Gasteiger charge is -2.15. The second-order valence-electron chi connectivity index (χ2n) is 8.29. The largest absolute Gasteiger partial charge is 0.497 e. The molecule has 0 bridgehead atoms. The number of methoxy groups -OCH3 is 2. The first-order valence-electron chi connectivity index (χ1n) is 11.9. The number of nitrogens with one attached hydrogen (secondary N) is 2. The summed E-state index contributed by atoms with van der Waals surface area (Å²) in [5, 5.41) is 5.24. The lowest BCUT2D eigenvalue weighted by Crippen LogP contribution is -2.31. The lowest BCUT2D eigenvalue weighted by atomic mass is 10.0. The molecule has 1 saturated heterocycles. The number of benzene rings is 3. The Kier molecular flexibility index (Phi) is 8.18. The van der Waals surface area contributed by atoms with Crippen molar-refractivity contribution in [3.8, 4) is 34.0 Å². The Hall–Kier alpha value is -4.22. The number of nitrogens with zero attached hydrogens (tertiary/aromatic N) is 3. The molecule has 1 fully saturated rings. The zero-order valence-corrected chi connectivity index (χ0v) is 22.8. The molecule has 9 nitrogen and oxygen atoms in total. The molecule has 39 heavy (non-hydrogen) atoms. The number of ether oxygens (including phenoxy) is 2. The molecule has 2 heterocycles. The number of amidine groups is 1. The molecule has 1 aliphatic rings. The minimum absolute atomic E-state index is 0.0817. The van der Waals surface area contributed by atoms with Gasteiger partial charge in [0, 0.05) is 11.1 Å². The molecule has 0 aliphatic carbocycles. The molecular formula is C28H25N5O4S2. The van der Waals surface area contributed by atoms with Crippen LogP contribution in [-0.2, 0) is 9.59 Å². The number of carbonyl (C=O) groups excluding carboxylic acids is 2. The SMILES string of the molecule is COc1ccc(-c2nc(SCC(=O)N/N=C3\SCC(=O)N3c3ccccc3)[nH]c2-c2ccc(OC)cc2)cc1. The van der Waals surface area contributed by atoms with E-state index in [0.717, 1.165) is 34.0 Å². The average Bonchev–Trinajstić information content (AvgIpc) is 3.59. The number of amides is 2. The van der Waals surface area contributed by atoms with Crippen molar-refractivity contribution in [2.75, 3.05) is 30.6 Å². The summed E-state index contributed by atoms with van der Waals surface area (Å²) < 4.78 is 10.6. The smallest absolute Gasteiger partial charge is 0.250 e. The van der Waals surface area contributed by atoms with Gasteiger partial charge in [-0.1, -0.05) is 41.7 Å². The fourth-order valence-electron chi connectivity index (χ4n) is 3.90. The van der Waals surface area contributed by atoms with Crippen molar-refractivity contribution in [2.24, 2.45) is 5.10 Å². The van der Waals surface area contributed by atoms with Gasteiger partial charge in [-0.25, -0.2) is 10.4 Å². The molecule has 11 heteroatoms. The Labute approximate surface area is 234 Å². The predicted octanol–water partition coefficient (Wildman–Crippen LogP) is 5.02. The molecule has 4 aromatic rings. The Morgan fingerprint density at radius 2 is 1.64 bits per heavy atom. The monoisotopic (exact) mass is 559 g/mol. The average molecular weight is 560 g/mol. The van der Waals surface area contributed by atoms with E-state index in [4.69, 9.17) is 14.5 Å². The van der Waals surface area contributed by atoms with Crippen LogP contribution in [0.2, 0.25) is 0 Å². The van der Waals surface area contributed by atoms with Crippen LogP contribution in [0.3, 0.4) is 0 Å². The number of hydrogen-bond acceptors (Lipinski definition) is 8. The number of H-pyrrole nitrogens is 1. The summed E-state index contributed by atoms with van der Waals surface area (Å²) >= 11 is 2.55. The molecule has 0 spiro atoms. The predicted molar refractivity (Wildman–Crippen MR) is 155 cm³/mol. The van der Waals surface area contributed by atoms with Crippen LogP contribution in [0.15, 0.2) is 89.1 Å². The van der Waals surface area contributed by atoms with Gasteiger partial charge in [-0.05, 0) is 60.7 Å². The molecule has 0 unspecified atom stereocenters. The number of anilines is 1. The zero-order chi connectivity index (χ0) is 27.2. The molecule has 198 valence electrons. The number of hydrogen-bond donors (Lipinski definition) is 2. The Morgan fingerprint density at radius 3 is 2.28 bits per heavy atom. The molecule has 2 amide bonds. The van der Waals surface area contributed by atoms with E-state index in [9.17, 15) is 9.59 Å². The second-order valence-corrected chi connectivity index (χ2v) is 10.2. The van der Waals surface area contributed by atoms with Crippen LogP contribution in [0.1, 0.15) is 0 Å². The summed E-state index contributed by atoms with van der Waals surface area (Å²) in [6.07, 6.45) is 0. The number of aromatic nitrogens is 2. The highest BCUT2D eigenvalue weighted by molar-refractivity contribution is 8.15. The summed E-state index contributed by atoms with van der Waals surface area (Å²) in [6, 6.07) is 24.6. The number of imidazole rings is 1. The van der Waals surface area contributed by atoms with Gasteiger partial charge in [0.25, 0.3) is 5.91 Å². The first-order valence-corrected chi connectivity index (χ1v) is 13.9. The lowest BCUT2D eigenvalue weighted by molar-refractivity contribution is -0.118. The minimum Gasteiger partial charge on any atom is -0.497 e. The highest BCUT2D eigenvalue weighted by atomic mass is 32.2. The Balaban J connectivity index is 1.31. The maximum absolute atomic E-state index is 12.6. The Morgan fingerprint density at radius 1 is 1.00 bits per heavy atom. The van der Waals surface area contributed by atoms with E-state index >= 15 is 0 Å². The van der Waals surface area contributed by atoms with Crippen LogP contribution in [0.25, 0.3) is 22.5 Å². The maximum atomic E-state index is 12.6. The van der Waals surface area contributed by atoms with E-state index in [-0.39, 0.29) is 23.3 Å². The molecule has 0 saturated carbocycles. The van der Waals surface area contributed by atoms with Crippen LogP contribution in [0.5, 0.6) is 11.5 Å². The van der Waals surface area contributed by atoms with E-state index in [1.165, 1.54) is 28.4 Å². The highest BCUT2D eigenvalue weighted by Crippen LogP contribution is 2.34. The number of aromatic amines is 1. The van der Waals surface area contributed by atoms with Crippen LogP contribution >= 0.6 is 23.5 Å². The second kappa shape index (κ2) is 12.1. The van der Waals surface area contributed by atoms with Crippen molar-refractivity contribution in [1.29, 1.82) is 0 Å². The molecule has 5 rings (SSSR count). The van der Waals surface area contributed by atoms with Crippen LogP contribution < -0.4 is 19.8 Å². The molecular weight excluding hydrogens is 534 g/mol. The van der Waals surface area contributed by atoms with Crippen molar-refractivity contribution in [2.45, 2.75) is 5.16 Å². The van der Waals surface area contributed by atoms with E-state index < -0.39 is 0 Å². The van der Waals surface area contributed by atoms with Crippen molar-refractivity contribution >= 4 is 46.2 Å². The number of thioether (sulfide) groups is 2. The van der Waals surface area contributed by atoms with Gasteiger partial charge in [0.2, 0.25) is 5.91 Å². The molecule has 0 atom stereocenters. The van der Waals surface area contributed by atoms with Gasteiger partial charge in [-0.3, -0.25) is 14.5 Å². The van der Waals surface area contributed by atoms with Gasteiger partial charge in [-0.15, -0.1) is 5.10 Å². The van der Waals surface area contributed by atoms with Gasteiger partial charge in [-0.2, -0.15) is 0 Å². The number of rotatable bonds is 9. The topological polar surface area (TPSA) is 109 Å². The van der Waals surface area contributed by atoms with Crippen LogP contribution in [-0.4, -0.2) is 52.7 Å². The van der Waals surface area contributed by atoms with Gasteiger partial charge in [0.05, 0.1) is 42.8 Å². The fraction of sp³-hybridized carbons (Fsp3) is 0.143. The first-order chi connectivity index (χ1) is 19.1. The van der Waals surface area contributed by atoms with Gasteiger partial charge < -0.3 is 14.5 Å². The number of hydrazone groups is 1. The van der Waals surface area contributed by atoms with Crippen LogP contribution in [0.4, 0.5) is 5.69 Å². The number of carbonyl (C=O) groups is 2. The van der Waals surface area contributed by atoms with Gasteiger partial charge in [0.15, 0.2) is 10.3 Å². The van der Waals surface area contributed by atoms with E-state index in [0.29, 0.717) is 16.0 Å². The molecule has 1 aromatic heterocycles. The first kappa shape index (κ1) is 26.4. The van der Waals surface area contributed by atoms with Crippen molar-refractivity contribution in [3.05, 3.63) is 78.9 Å². The molecule has 1 aliphatic heterocycles. The normalized spacial score (nSPS) is 14.1. The fourth-order valence-corrected chi connectivity index (χ4v) is 5.39. The van der Waals surface area contributed by atoms with Crippen LogP contribution in [0, 0.1) is 0 Å². The third-order valence-electron chi connectivity index (χ3n) is 5.82. The molecule has 2 N–H and O–H groups in total. The standard InChI is InChI=1S/C28H25N5O4S2/c1-36-21-12-8-18(9-13-21)25-26(19-10-14-22(37-2)15-11-19)30-27(29-25)38-16-23(34)31-32-28-33(24(35)17-39-28)20-6-4-3-5-7-20/h3-15H,16-17H2,1-2H3,(H,29,30)(H,31,34)/b32-28-. The van der Waals surface area contributed by atoms with Crippen molar-refractivity contribution in [1.82, 2.24) is 15.4 Å². The highest BCUT2D eigenvalue weighted by Gasteiger charge is 2.30. The minimum atomic E-state index is -0.311. The summed E-state index contributed by atoms with van der Waals surface area (Å²) in [6.45, 7) is 0. The van der Waals surface area contributed by atoms with E-state index in [2.05, 4.69) is 15.5 Å². The quantitative estimate of drug-likeness (QED) is 0.219. The van der Waals surface area contributed by atoms with E-state index in [1.807, 2.05) is 78.9 Å². The summed E-state index contributed by atoms with van der Waals surface area (Å²) in [4.78, 5) is 34.7. The maximum Gasteiger partial charge on any atom is 0.250 e. The summed E-state index contributed by atoms with van der Waals surface area (Å²) in [7, 11) is 3.25. The summed E-state index contributed by atoms with van der Waals surface area (Å²) in [5.74, 6) is 1.46. The van der Waals surface area contributed by atoms with E-state index in [1.54, 1.807) is 14.2 Å². The van der Waals surface area contributed by atoms with Crippen molar-refractivity contribution < 1.29 is 19.1 Å². The van der Waals surface area contributed by atoms with Crippen molar-refractivity contribution in [3.63, 3.8) is 0 Å².